The van der Waals surface area contributed by atoms with E-state index in [-0.39, 0.29) is 12.6 Å². The smallest absolute Gasteiger partial charge is 0.244 e. The van der Waals surface area contributed by atoms with Gasteiger partial charge < -0.3 is 52.3 Å². The minimum Gasteiger partial charge on any atom is -0.367 e. The highest BCUT2D eigenvalue weighted by atomic mass is 17.1. The Balaban J connectivity index is 4.54. The molecule has 0 aromatic heterocycles. The van der Waals surface area contributed by atoms with Crippen molar-refractivity contribution in [2.45, 2.75) is 26.2 Å². The molecule has 0 unspecified atom stereocenters. The van der Waals surface area contributed by atoms with Gasteiger partial charge in [0.2, 0.25) is 41.4 Å². The molecule has 39 heavy (non-hydrogen) atoms. The molecule has 0 atom stereocenters. The normalized spacial score (nSPS) is 10.5. The van der Waals surface area contributed by atoms with Gasteiger partial charge in [-0.25, -0.2) is 10.1 Å². The number of hydrogen-bond donors (Lipinski definition) is 9. The zero-order chi connectivity index (χ0) is 30.0. The molecule has 0 saturated heterocycles. The zero-order valence-corrected chi connectivity index (χ0v) is 21.6. The van der Waals surface area contributed by atoms with Crippen molar-refractivity contribution in [1.29, 1.82) is 0 Å². The summed E-state index contributed by atoms with van der Waals surface area (Å²) in [6.45, 7) is -1.68. The average Bonchev–Trinajstić information content (AvgIpc) is 2.86. The molecule has 19 nitrogen and oxygen atoms in total. The Kier molecular flexibility index (Phi) is 17.3. The van der Waals surface area contributed by atoms with Gasteiger partial charge in [-0.05, 0) is 13.8 Å². The number of carbonyl (C=O) groups excluding carboxylic acids is 7. The van der Waals surface area contributed by atoms with E-state index in [9.17, 15) is 33.6 Å². The second-order valence-corrected chi connectivity index (χ2v) is 8.14. The van der Waals surface area contributed by atoms with Crippen LogP contribution in [0.15, 0.2) is 0 Å². The van der Waals surface area contributed by atoms with E-state index in [1.165, 1.54) is 0 Å². The van der Waals surface area contributed by atoms with E-state index in [0.717, 1.165) is 4.90 Å². The van der Waals surface area contributed by atoms with Crippen molar-refractivity contribution in [1.82, 2.24) is 36.4 Å². The van der Waals surface area contributed by atoms with Crippen LogP contribution in [0.4, 0.5) is 0 Å². The summed E-state index contributed by atoms with van der Waals surface area (Å²) in [5.74, 6) is -5.17. The Morgan fingerprint density at radius 2 is 1.18 bits per heavy atom. The lowest BCUT2D eigenvalue weighted by atomic mass is 10.4. The minimum atomic E-state index is -1.91. The molecule has 0 aliphatic heterocycles. The van der Waals surface area contributed by atoms with E-state index in [2.05, 4.69) is 31.5 Å². The molecule has 7 amide bonds. The number of nitrogens with two attached hydrogens (primary N) is 1. The number of aliphatic hydroxyl groups excluding tert-OH is 1. The van der Waals surface area contributed by atoms with E-state index >= 15 is 0 Å². The van der Waals surface area contributed by atoms with Gasteiger partial charge in [-0.15, -0.1) is 0 Å². The van der Waals surface area contributed by atoms with Crippen molar-refractivity contribution in [2.75, 3.05) is 59.1 Å². The molecule has 0 bridgehead atoms. The highest BCUT2D eigenvalue weighted by Gasteiger charge is 2.21. The lowest BCUT2D eigenvalue weighted by molar-refractivity contribution is -0.266. The summed E-state index contributed by atoms with van der Waals surface area (Å²) < 4.78 is 0. The summed E-state index contributed by atoms with van der Waals surface area (Å²) in [4.78, 5) is 88.5. The summed E-state index contributed by atoms with van der Waals surface area (Å²) >= 11 is 0. The third-order valence-electron chi connectivity index (χ3n) is 4.37. The van der Waals surface area contributed by atoms with Crippen molar-refractivity contribution in [3.63, 3.8) is 0 Å². The van der Waals surface area contributed by atoms with Crippen LogP contribution in [0.25, 0.3) is 0 Å². The number of nitrogens with one attached hydrogen (secondary N) is 5. The predicted molar refractivity (Wildman–Crippen MR) is 129 cm³/mol. The number of nitrogens with zero attached hydrogens (tertiary/aromatic N) is 2. The van der Waals surface area contributed by atoms with Crippen LogP contribution >= 0.6 is 0 Å². The molecule has 0 rings (SSSR count). The van der Waals surface area contributed by atoms with Crippen molar-refractivity contribution in [3.8, 4) is 0 Å². The van der Waals surface area contributed by atoms with E-state index < -0.39 is 100 Å². The van der Waals surface area contributed by atoms with Crippen molar-refractivity contribution in [3.05, 3.63) is 0 Å². The fourth-order valence-electron chi connectivity index (χ4n) is 2.64. The molecule has 0 aliphatic rings. The van der Waals surface area contributed by atoms with E-state index in [1.54, 1.807) is 13.8 Å². The summed E-state index contributed by atoms with van der Waals surface area (Å²) in [6, 6.07) is -0.118. The summed E-state index contributed by atoms with van der Waals surface area (Å²) in [6.07, 6.45) is -1.91. The topological polar surface area (TPSA) is 282 Å². The first-order chi connectivity index (χ1) is 18.3. The molecule has 0 saturated carbocycles. The number of aliphatic hydroxyl groups is 2. The van der Waals surface area contributed by atoms with Gasteiger partial charge in [0.1, 0.15) is 6.54 Å². The van der Waals surface area contributed by atoms with Gasteiger partial charge in [-0.2, -0.15) is 0 Å². The molecule has 0 spiro atoms. The molecule has 0 radical (unpaired) electrons. The first kappa shape index (κ1) is 35.1. The van der Waals surface area contributed by atoms with E-state index in [0.29, 0.717) is 4.90 Å². The monoisotopic (exact) mass is 564 g/mol. The molecule has 0 fully saturated rings. The zero-order valence-electron chi connectivity index (χ0n) is 21.6. The fraction of sp³-hybridized carbons (Fsp3) is 0.650. The Morgan fingerprint density at radius 1 is 0.718 bits per heavy atom. The summed E-state index contributed by atoms with van der Waals surface area (Å²) in [7, 11) is 0. The van der Waals surface area contributed by atoms with Crippen molar-refractivity contribution in [2.24, 2.45) is 5.73 Å². The Labute approximate surface area is 223 Å². The lowest BCUT2D eigenvalue weighted by Crippen LogP contribution is -2.49. The molecule has 0 aliphatic carbocycles. The van der Waals surface area contributed by atoms with Gasteiger partial charge in [0.05, 0.1) is 45.8 Å². The van der Waals surface area contributed by atoms with Crippen molar-refractivity contribution < 1.29 is 53.9 Å². The van der Waals surface area contributed by atoms with Gasteiger partial charge in [0.15, 0.2) is 13.0 Å². The Hall–Kier alpha value is -3.91. The largest absolute Gasteiger partial charge is 0.367 e. The number of amides is 7. The third kappa shape index (κ3) is 17.3. The molecule has 0 heterocycles. The van der Waals surface area contributed by atoms with Crippen LogP contribution in [0.1, 0.15) is 13.8 Å². The average molecular weight is 565 g/mol. The molecule has 10 N–H and O–H groups in total. The second-order valence-electron chi connectivity index (χ2n) is 8.14. The summed E-state index contributed by atoms with van der Waals surface area (Å²) in [5, 5.41) is 38.0. The van der Waals surface area contributed by atoms with E-state index in [1.807, 2.05) is 0 Å². The van der Waals surface area contributed by atoms with Crippen molar-refractivity contribution >= 4 is 41.4 Å². The van der Waals surface area contributed by atoms with Gasteiger partial charge in [0.25, 0.3) is 0 Å². The maximum atomic E-state index is 12.3. The number of rotatable bonds is 18. The molecule has 222 valence electrons. The Bertz CT molecular complexity index is 869. The van der Waals surface area contributed by atoms with Gasteiger partial charge >= 0.3 is 0 Å². The van der Waals surface area contributed by atoms with Crippen LogP contribution < -0.4 is 32.3 Å². The number of carbonyl (C=O) groups is 7. The predicted octanol–water partition coefficient (Wildman–Crippen LogP) is -6.65. The Morgan fingerprint density at radius 3 is 1.64 bits per heavy atom. The van der Waals surface area contributed by atoms with Gasteiger partial charge in [-0.3, -0.25) is 33.6 Å². The molecule has 0 aromatic carbocycles. The quantitative estimate of drug-likeness (QED) is 0.0427. The second kappa shape index (κ2) is 19.2. The van der Waals surface area contributed by atoms with Crippen LogP contribution in [0.5, 0.6) is 0 Å². The first-order valence-electron chi connectivity index (χ1n) is 11.5. The van der Waals surface area contributed by atoms with Crippen LogP contribution in [0.2, 0.25) is 0 Å². The van der Waals surface area contributed by atoms with Crippen LogP contribution in [0.3, 0.4) is 0 Å². The maximum absolute atomic E-state index is 12.3. The van der Waals surface area contributed by atoms with Crippen LogP contribution in [0, 0.1) is 0 Å². The van der Waals surface area contributed by atoms with Crippen LogP contribution in [-0.2, 0) is 38.4 Å². The first-order valence-corrected chi connectivity index (χ1v) is 11.5. The third-order valence-corrected chi connectivity index (χ3v) is 4.37. The lowest BCUT2D eigenvalue weighted by Gasteiger charge is -2.22. The molecular weight excluding hydrogens is 528 g/mol. The standard InChI is InChI=1S/C20H36N8O11/c1-12(2)26-15(31)6-22-13(29)4-24-17(33)9-28(11-39-38)19(35)7-25-14(30)5-23-16(32)8-27(10-20(36)37)18(34)3-21/h12,20,36-38H,3-11,21H2,1-2H3,(H,22,29)(H,23,32)(H,24,33)(H,25,30)(H,26,31). The molecular formula is C20H36N8O11. The molecule has 19 heteroatoms. The summed E-state index contributed by atoms with van der Waals surface area (Å²) in [5.41, 5.74) is 5.19. The van der Waals surface area contributed by atoms with Crippen LogP contribution in [-0.4, -0.2) is 138 Å². The highest BCUT2D eigenvalue weighted by Crippen LogP contribution is 1.93. The van der Waals surface area contributed by atoms with Gasteiger partial charge in [-0.1, -0.05) is 0 Å². The maximum Gasteiger partial charge on any atom is 0.244 e. The highest BCUT2D eigenvalue weighted by molar-refractivity contribution is 5.92. The molecule has 0 aromatic rings. The number of hydrogen-bond acceptors (Lipinski definition) is 12. The minimum absolute atomic E-state index is 0.118. The van der Waals surface area contributed by atoms with Gasteiger partial charge in [0, 0.05) is 6.04 Å². The van der Waals surface area contributed by atoms with E-state index in [4.69, 9.17) is 21.2 Å². The SMILES string of the molecule is CC(C)NC(=O)CNC(=O)CNC(=O)CN(COO)C(=O)CNC(=O)CNC(=O)CN(CC(O)O)C(=O)CN. The fourth-order valence-corrected chi connectivity index (χ4v) is 2.64.